The van der Waals surface area contributed by atoms with Crippen LogP contribution < -0.4 is 9.80 Å². The van der Waals surface area contributed by atoms with E-state index < -0.39 is 0 Å². The molecule has 0 N–H and O–H groups in total. The Balaban J connectivity index is 1.40. The van der Waals surface area contributed by atoms with Crippen LogP contribution in [-0.4, -0.2) is 24.9 Å². The molecule has 2 aliphatic heterocycles. The van der Waals surface area contributed by atoms with E-state index in [0.29, 0.717) is 36.1 Å². The highest BCUT2D eigenvalue weighted by atomic mass is 32.1. The molecule has 0 saturated heterocycles. The van der Waals surface area contributed by atoms with E-state index in [1.54, 1.807) is 0 Å². The maximum Gasteiger partial charge on any atom is 0.259 e. The number of carbonyl (C=O) groups is 2. The van der Waals surface area contributed by atoms with Gasteiger partial charge in [-0.05, 0) is 120 Å². The van der Waals surface area contributed by atoms with Gasteiger partial charge in [-0.1, -0.05) is 258 Å². The minimum atomic E-state index is 0.0274. The molecule has 6 heteroatoms. The van der Waals surface area contributed by atoms with Crippen molar-refractivity contribution in [3.05, 3.63) is 81.5 Å². The highest BCUT2D eigenvalue weighted by Crippen LogP contribution is 2.50. The first kappa shape index (κ1) is 63.7. The van der Waals surface area contributed by atoms with Crippen molar-refractivity contribution >= 4 is 57.0 Å². The molecule has 4 aromatic rings. The van der Waals surface area contributed by atoms with Crippen molar-refractivity contribution in [1.29, 1.82) is 0 Å². The molecule has 2 aromatic heterocycles. The van der Waals surface area contributed by atoms with Crippen LogP contribution in [-0.2, 0) is 22.4 Å². The van der Waals surface area contributed by atoms with Crippen molar-refractivity contribution in [2.45, 2.75) is 286 Å². The first-order valence-corrected chi connectivity index (χ1v) is 34.9. The summed E-state index contributed by atoms with van der Waals surface area (Å²) in [5, 5.41) is 4.73. The molecule has 4 heterocycles. The number of unbranched alkanes of at least 4 members (excludes halogenated alkanes) is 26. The van der Waals surface area contributed by atoms with Crippen LogP contribution in [0.4, 0.5) is 11.4 Å². The van der Waals surface area contributed by atoms with Crippen molar-refractivity contribution in [2.24, 2.45) is 11.8 Å². The summed E-state index contributed by atoms with van der Waals surface area (Å²) < 4.78 is 0. The van der Waals surface area contributed by atoms with Crippen molar-refractivity contribution in [3.8, 4) is 20.9 Å². The Hall–Kier alpha value is -3.48. The second-order valence-electron chi connectivity index (χ2n) is 24.3. The Labute approximate surface area is 486 Å². The Morgan fingerprint density at radius 3 is 0.987 bits per heavy atom. The van der Waals surface area contributed by atoms with E-state index in [2.05, 4.69) is 111 Å². The molecular weight excluding hydrogens is 989 g/mol. The summed E-state index contributed by atoms with van der Waals surface area (Å²) in [7, 11) is 0. The van der Waals surface area contributed by atoms with Crippen molar-refractivity contribution in [2.75, 3.05) is 22.9 Å². The van der Waals surface area contributed by atoms with Gasteiger partial charge < -0.3 is 9.80 Å². The molecule has 6 rings (SSSR count). The highest BCUT2D eigenvalue weighted by Gasteiger charge is 2.43. The number of hydrogen-bond acceptors (Lipinski definition) is 4. The number of thiophene rings is 2. The molecule has 0 aliphatic carbocycles. The molecule has 2 atom stereocenters. The van der Waals surface area contributed by atoms with E-state index in [-0.39, 0.29) is 11.8 Å². The molecule has 0 spiro atoms. The third-order valence-electron chi connectivity index (χ3n) is 17.5. The summed E-state index contributed by atoms with van der Waals surface area (Å²) in [5.41, 5.74) is 10.4. The Bertz CT molecular complexity index is 2190. The lowest BCUT2D eigenvalue weighted by Crippen LogP contribution is -2.34. The molecular formula is C72H110N2O2S2. The minimum Gasteiger partial charge on any atom is -0.307 e. The van der Waals surface area contributed by atoms with Crippen LogP contribution in [0.15, 0.2) is 59.3 Å². The summed E-state index contributed by atoms with van der Waals surface area (Å²) in [4.78, 5) is 38.6. The van der Waals surface area contributed by atoms with Crippen LogP contribution in [0.2, 0.25) is 0 Å². The topological polar surface area (TPSA) is 40.6 Å². The van der Waals surface area contributed by atoms with Crippen LogP contribution in [0, 0.1) is 11.8 Å². The predicted molar refractivity (Wildman–Crippen MR) is 346 cm³/mol. The largest absolute Gasteiger partial charge is 0.307 e. The molecule has 0 saturated carbocycles. The number of benzene rings is 2. The first-order valence-electron chi connectivity index (χ1n) is 33.2. The smallest absolute Gasteiger partial charge is 0.259 e. The fourth-order valence-electron chi connectivity index (χ4n) is 12.7. The molecule has 2 aliphatic rings. The molecule has 2 amide bonds. The number of fused-ring (bicyclic) bond motifs is 2. The normalized spacial score (nSPS) is 15.1. The van der Waals surface area contributed by atoms with E-state index >= 15 is 9.59 Å². The quantitative estimate of drug-likeness (QED) is 0.0327. The maximum absolute atomic E-state index is 15.9. The number of nitrogens with zero attached hydrogens (tertiary/aromatic N) is 2. The number of rotatable bonds is 44. The predicted octanol–water partition coefficient (Wildman–Crippen LogP) is 23.2. The zero-order chi connectivity index (χ0) is 55.2. The van der Waals surface area contributed by atoms with Gasteiger partial charge in [0.1, 0.15) is 0 Å². The molecule has 0 radical (unpaired) electrons. The highest BCUT2D eigenvalue weighted by molar-refractivity contribution is 7.14. The van der Waals surface area contributed by atoms with Crippen LogP contribution >= 0.6 is 22.7 Å². The number of aryl methyl sites for hydroxylation is 2. The molecule has 2 unspecified atom stereocenters. The molecule has 0 fully saturated rings. The average molecular weight is 1100 g/mol. The standard InChI is InChI=1S/C72H110N2O2S2/c1-7-13-19-25-29-35-41-57(39-33-23-17-11-5)53-73-65-51-61(67-49-59(55-77-67)43-37-31-27-21-15-9-3)45-47-63(65)69(71(73)75)70-64-48-46-62(68-50-60(56-78-68)44-38-32-28-22-16-10-4)52-66(64)74(72(70)76)54-58(40-34-24-18-12-6)42-36-30-26-20-14-8-2/h45-52,55-58H,7-44,53-54H2,1-6H3/b70-69+. The van der Waals surface area contributed by atoms with E-state index in [1.165, 1.54) is 237 Å². The SMILES string of the molecule is CCCCCCCCc1csc(-c2ccc3c(c2)N(CC(CCCCCC)CCCCCCCC)C(=O)/C3=C2/C(=O)N(CC(CCCCCC)CCCCCCCC)c3cc(-c4cc(CCCCCCCC)cs4)ccc32)c1. The molecule has 2 aromatic carbocycles. The van der Waals surface area contributed by atoms with E-state index in [9.17, 15) is 0 Å². The lowest BCUT2D eigenvalue weighted by molar-refractivity contribution is -0.114. The Morgan fingerprint density at radius 1 is 0.359 bits per heavy atom. The van der Waals surface area contributed by atoms with Gasteiger partial charge in [0.2, 0.25) is 0 Å². The van der Waals surface area contributed by atoms with Gasteiger partial charge in [-0.15, -0.1) is 22.7 Å². The second-order valence-corrected chi connectivity index (χ2v) is 26.1. The molecule has 78 heavy (non-hydrogen) atoms. The van der Waals surface area contributed by atoms with Gasteiger partial charge in [-0.25, -0.2) is 0 Å². The first-order chi connectivity index (χ1) is 38.3. The number of amides is 2. The summed E-state index contributed by atoms with van der Waals surface area (Å²) in [6.45, 7) is 15.2. The van der Waals surface area contributed by atoms with Gasteiger partial charge >= 0.3 is 0 Å². The monoisotopic (exact) mass is 1100 g/mol. The number of anilines is 2. The van der Waals surface area contributed by atoms with Crippen LogP contribution in [0.25, 0.3) is 32.0 Å². The van der Waals surface area contributed by atoms with Gasteiger partial charge in [0.25, 0.3) is 11.8 Å². The van der Waals surface area contributed by atoms with Gasteiger partial charge in [0.05, 0.1) is 22.5 Å². The van der Waals surface area contributed by atoms with E-state index in [4.69, 9.17) is 0 Å². The number of hydrogen-bond donors (Lipinski definition) is 0. The fourth-order valence-corrected chi connectivity index (χ4v) is 14.5. The van der Waals surface area contributed by atoms with Crippen LogP contribution in [0.5, 0.6) is 0 Å². The van der Waals surface area contributed by atoms with Gasteiger partial charge in [0, 0.05) is 34.0 Å². The van der Waals surface area contributed by atoms with Gasteiger partial charge in [-0.3, -0.25) is 9.59 Å². The summed E-state index contributed by atoms with van der Waals surface area (Å²) in [6, 6.07) is 18.4. The molecule has 4 nitrogen and oxygen atoms in total. The van der Waals surface area contributed by atoms with E-state index in [0.717, 1.165) is 61.0 Å². The second kappa shape index (κ2) is 36.8. The van der Waals surface area contributed by atoms with Crippen LogP contribution in [0.1, 0.15) is 295 Å². The zero-order valence-electron chi connectivity index (χ0n) is 50.7. The lowest BCUT2D eigenvalue weighted by atomic mass is 9.93. The van der Waals surface area contributed by atoms with Crippen LogP contribution in [0.3, 0.4) is 0 Å². The third kappa shape index (κ3) is 19.9. The van der Waals surface area contributed by atoms with Gasteiger partial charge in [-0.2, -0.15) is 0 Å². The van der Waals surface area contributed by atoms with E-state index in [1.807, 2.05) is 22.7 Å². The maximum atomic E-state index is 15.9. The Morgan fingerprint density at radius 2 is 0.654 bits per heavy atom. The van der Waals surface area contributed by atoms with Gasteiger partial charge in [0.15, 0.2) is 0 Å². The fraction of sp³-hybridized carbons (Fsp3) is 0.667. The van der Waals surface area contributed by atoms with Crippen molar-refractivity contribution in [1.82, 2.24) is 0 Å². The summed E-state index contributed by atoms with van der Waals surface area (Å²) >= 11 is 3.69. The zero-order valence-corrected chi connectivity index (χ0v) is 52.4. The average Bonchev–Trinajstić information content (AvgIpc) is 4.31. The number of carbonyl (C=O) groups excluding carboxylic acids is 2. The minimum absolute atomic E-state index is 0.0274. The van der Waals surface area contributed by atoms with Crippen molar-refractivity contribution < 1.29 is 9.59 Å². The lowest BCUT2D eigenvalue weighted by Gasteiger charge is -2.25. The molecule has 0 bridgehead atoms. The Kier molecular flexibility index (Phi) is 30.0. The molecule has 432 valence electrons. The third-order valence-corrected chi connectivity index (χ3v) is 19.6. The van der Waals surface area contributed by atoms with Crippen molar-refractivity contribution in [3.63, 3.8) is 0 Å². The summed E-state index contributed by atoms with van der Waals surface area (Å²) in [6.07, 6.45) is 47.8. The summed E-state index contributed by atoms with van der Waals surface area (Å²) in [5.74, 6) is 0.891.